The average molecular weight is 310 g/mol. The number of carbonyl (C=O) groups excluding carboxylic acids is 1. The van der Waals surface area contributed by atoms with E-state index in [0.29, 0.717) is 0 Å². The molecule has 116 valence electrons. The van der Waals surface area contributed by atoms with Crippen LogP contribution in [0, 0.1) is 10.1 Å². The van der Waals surface area contributed by atoms with E-state index in [0.717, 1.165) is 11.3 Å². The Kier molecular flexibility index (Phi) is 4.05. The number of nitrogens with one attached hydrogen (secondary N) is 1. The van der Waals surface area contributed by atoms with E-state index in [-0.39, 0.29) is 11.7 Å². The molecule has 0 amide bonds. The number of non-ortho nitro benzene ring substituents is 1. The minimum absolute atomic E-state index is 0.0196. The molecule has 6 heteroatoms. The highest BCUT2D eigenvalue weighted by Gasteiger charge is 2.28. The number of ether oxygens (including phenoxy) is 1. The molecule has 0 aliphatic carbocycles. The van der Waals surface area contributed by atoms with E-state index in [1.54, 1.807) is 18.2 Å². The summed E-state index contributed by atoms with van der Waals surface area (Å²) < 4.78 is 5.28. The summed E-state index contributed by atoms with van der Waals surface area (Å²) >= 11 is 0. The maximum atomic E-state index is 11.4. The highest BCUT2D eigenvalue weighted by molar-refractivity contribution is 5.84. The van der Waals surface area contributed by atoms with Gasteiger partial charge in [-0.2, -0.15) is 0 Å². The van der Waals surface area contributed by atoms with Gasteiger partial charge in [0.2, 0.25) is 0 Å². The number of cyclic esters (lactones) is 1. The van der Waals surface area contributed by atoms with Crippen molar-refractivity contribution >= 4 is 17.3 Å². The molecule has 3 rings (SSSR count). The van der Waals surface area contributed by atoms with Crippen LogP contribution in [0.2, 0.25) is 0 Å². The van der Waals surface area contributed by atoms with Crippen LogP contribution in [0.25, 0.3) is 0 Å². The SMILES string of the molecule is O=C1C=C[C@@H]([C@H](Nc2ccccc2)c2ccc([N+](=O)[O-])cc2)O1. The fourth-order valence-electron chi connectivity index (χ4n) is 2.44. The number of nitro groups is 1. The Balaban J connectivity index is 1.89. The van der Waals surface area contributed by atoms with Crippen molar-refractivity contribution in [3.63, 3.8) is 0 Å². The van der Waals surface area contributed by atoms with E-state index in [9.17, 15) is 14.9 Å². The Bertz CT molecular complexity index is 741. The minimum atomic E-state index is -0.468. The van der Waals surface area contributed by atoms with Gasteiger partial charge in [-0.25, -0.2) is 4.79 Å². The van der Waals surface area contributed by atoms with Crippen molar-refractivity contribution in [1.29, 1.82) is 0 Å². The largest absolute Gasteiger partial charge is 0.452 e. The predicted octanol–water partition coefficient (Wildman–Crippen LogP) is 3.23. The Labute approximate surface area is 132 Å². The first-order valence-corrected chi connectivity index (χ1v) is 7.08. The third-order valence-electron chi connectivity index (χ3n) is 3.56. The second kappa shape index (κ2) is 6.31. The Morgan fingerprint density at radius 3 is 2.35 bits per heavy atom. The fourth-order valence-corrected chi connectivity index (χ4v) is 2.44. The molecule has 0 fully saturated rings. The highest BCUT2D eigenvalue weighted by atomic mass is 16.6. The van der Waals surface area contributed by atoms with Gasteiger partial charge in [0.05, 0.1) is 11.0 Å². The number of esters is 1. The van der Waals surface area contributed by atoms with E-state index < -0.39 is 17.0 Å². The van der Waals surface area contributed by atoms with Crippen LogP contribution in [0.1, 0.15) is 11.6 Å². The van der Waals surface area contributed by atoms with Crippen molar-refractivity contribution in [2.24, 2.45) is 0 Å². The summed E-state index contributed by atoms with van der Waals surface area (Å²) in [5.74, 6) is -0.392. The molecule has 6 nitrogen and oxygen atoms in total. The van der Waals surface area contributed by atoms with Crippen LogP contribution in [0.3, 0.4) is 0 Å². The van der Waals surface area contributed by atoms with Crippen LogP contribution in [-0.2, 0) is 9.53 Å². The molecule has 0 bridgehead atoms. The summed E-state index contributed by atoms with van der Waals surface area (Å²) in [4.78, 5) is 21.7. The average Bonchev–Trinajstić information content (AvgIpc) is 3.00. The first kappa shape index (κ1) is 14.8. The second-order valence-electron chi connectivity index (χ2n) is 5.10. The van der Waals surface area contributed by atoms with E-state index in [4.69, 9.17) is 4.74 Å². The molecule has 1 aliphatic rings. The molecule has 0 spiro atoms. The Hall–Kier alpha value is -3.15. The van der Waals surface area contributed by atoms with Crippen LogP contribution in [0.4, 0.5) is 11.4 Å². The lowest BCUT2D eigenvalue weighted by Gasteiger charge is -2.24. The van der Waals surface area contributed by atoms with Gasteiger partial charge in [-0.05, 0) is 35.9 Å². The molecular weight excluding hydrogens is 296 g/mol. The molecule has 2 aromatic rings. The number of carbonyl (C=O) groups is 1. The Morgan fingerprint density at radius 1 is 1.09 bits per heavy atom. The summed E-state index contributed by atoms with van der Waals surface area (Å²) in [6.45, 7) is 0. The number of nitrogens with zero attached hydrogens (tertiary/aromatic N) is 1. The van der Waals surface area contributed by atoms with Crippen molar-refractivity contribution in [3.05, 3.63) is 82.4 Å². The molecule has 0 unspecified atom stereocenters. The van der Waals surface area contributed by atoms with Crippen LogP contribution >= 0.6 is 0 Å². The van der Waals surface area contributed by atoms with Crippen LogP contribution in [0.15, 0.2) is 66.7 Å². The van der Waals surface area contributed by atoms with Crippen molar-refractivity contribution in [2.45, 2.75) is 12.1 Å². The van der Waals surface area contributed by atoms with Crippen LogP contribution in [-0.4, -0.2) is 17.0 Å². The Morgan fingerprint density at radius 2 is 1.78 bits per heavy atom. The van der Waals surface area contributed by atoms with Gasteiger partial charge in [-0.15, -0.1) is 0 Å². The van der Waals surface area contributed by atoms with Crippen molar-refractivity contribution in [1.82, 2.24) is 0 Å². The topological polar surface area (TPSA) is 81.5 Å². The van der Waals surface area contributed by atoms with Gasteiger partial charge in [0, 0.05) is 23.9 Å². The molecule has 1 N–H and O–H groups in total. The number of hydrogen-bond acceptors (Lipinski definition) is 5. The number of benzene rings is 2. The maximum absolute atomic E-state index is 11.4. The molecule has 0 saturated heterocycles. The number of nitro benzene ring substituents is 1. The fraction of sp³-hybridized carbons (Fsp3) is 0.118. The molecular formula is C17H14N2O4. The number of hydrogen-bond donors (Lipinski definition) is 1. The van der Waals surface area contributed by atoms with E-state index >= 15 is 0 Å². The van der Waals surface area contributed by atoms with Crippen LogP contribution in [0.5, 0.6) is 0 Å². The number of para-hydroxylation sites is 1. The molecule has 0 saturated carbocycles. The lowest BCUT2D eigenvalue weighted by atomic mass is 10.0. The maximum Gasteiger partial charge on any atom is 0.331 e. The summed E-state index contributed by atoms with van der Waals surface area (Å²) in [5.41, 5.74) is 1.68. The smallest absolute Gasteiger partial charge is 0.331 e. The van der Waals surface area contributed by atoms with Gasteiger partial charge in [0.15, 0.2) is 0 Å². The molecule has 1 aliphatic heterocycles. The van der Waals surface area contributed by atoms with E-state index in [2.05, 4.69) is 5.32 Å². The lowest BCUT2D eigenvalue weighted by Crippen LogP contribution is -2.25. The van der Waals surface area contributed by atoms with Crippen LogP contribution < -0.4 is 5.32 Å². The summed E-state index contributed by atoms with van der Waals surface area (Å²) in [6.07, 6.45) is 2.60. The van der Waals surface area contributed by atoms with E-state index in [1.165, 1.54) is 18.2 Å². The third-order valence-corrected chi connectivity index (χ3v) is 3.56. The lowest BCUT2D eigenvalue weighted by molar-refractivity contribution is -0.384. The summed E-state index contributed by atoms with van der Waals surface area (Å²) in [5, 5.41) is 14.1. The molecule has 2 atom stereocenters. The summed E-state index contributed by atoms with van der Waals surface area (Å²) in [7, 11) is 0. The molecule has 1 heterocycles. The third kappa shape index (κ3) is 3.37. The van der Waals surface area contributed by atoms with Gasteiger partial charge >= 0.3 is 5.97 Å². The second-order valence-corrected chi connectivity index (χ2v) is 5.10. The standard InChI is InChI=1S/C17H14N2O4/c20-16-11-10-15(23-16)17(18-13-4-2-1-3-5-13)12-6-8-14(9-7-12)19(21)22/h1-11,15,17-18H/t15-,17+/m0/s1. The zero-order valence-electron chi connectivity index (χ0n) is 12.1. The molecule has 0 aromatic heterocycles. The van der Waals surface area contributed by atoms with Crippen molar-refractivity contribution in [2.75, 3.05) is 5.32 Å². The molecule has 0 radical (unpaired) electrons. The van der Waals surface area contributed by atoms with Crippen molar-refractivity contribution in [3.8, 4) is 0 Å². The zero-order chi connectivity index (χ0) is 16.2. The minimum Gasteiger partial charge on any atom is -0.452 e. The first-order valence-electron chi connectivity index (χ1n) is 7.08. The zero-order valence-corrected chi connectivity index (χ0v) is 12.1. The van der Waals surface area contributed by atoms with Gasteiger partial charge < -0.3 is 10.1 Å². The van der Waals surface area contributed by atoms with Crippen molar-refractivity contribution < 1.29 is 14.5 Å². The van der Waals surface area contributed by atoms with Gasteiger partial charge in [0.1, 0.15) is 6.10 Å². The highest BCUT2D eigenvalue weighted by Crippen LogP contribution is 2.29. The quantitative estimate of drug-likeness (QED) is 0.521. The number of anilines is 1. The normalized spacial score (nSPS) is 17.6. The first-order chi connectivity index (χ1) is 11.1. The van der Waals surface area contributed by atoms with Gasteiger partial charge in [-0.1, -0.05) is 18.2 Å². The monoisotopic (exact) mass is 310 g/mol. The number of rotatable bonds is 5. The van der Waals surface area contributed by atoms with E-state index in [1.807, 2.05) is 30.3 Å². The molecule has 23 heavy (non-hydrogen) atoms. The van der Waals surface area contributed by atoms with Gasteiger partial charge in [0.25, 0.3) is 5.69 Å². The summed E-state index contributed by atoms with van der Waals surface area (Å²) in [6, 6.07) is 15.4. The molecule has 2 aromatic carbocycles. The van der Waals surface area contributed by atoms with Gasteiger partial charge in [-0.3, -0.25) is 10.1 Å². The predicted molar refractivity (Wildman–Crippen MR) is 84.9 cm³/mol.